The molecule has 0 aromatic heterocycles. The molecular formula is C18H24N4O5. The fourth-order valence-electron chi connectivity index (χ4n) is 2.69. The summed E-state index contributed by atoms with van der Waals surface area (Å²) in [5.41, 5.74) is 1.03. The number of rotatable bonds is 6. The van der Waals surface area contributed by atoms with Gasteiger partial charge in [0, 0.05) is 0 Å². The number of carbonyl (C=O) groups is 4. The van der Waals surface area contributed by atoms with Gasteiger partial charge < -0.3 is 21.1 Å². The zero-order chi connectivity index (χ0) is 20.1. The van der Waals surface area contributed by atoms with Crippen molar-refractivity contribution < 1.29 is 24.3 Å². The predicted molar refractivity (Wildman–Crippen MR) is 99.4 cm³/mol. The summed E-state index contributed by atoms with van der Waals surface area (Å²) in [6.45, 7) is 4.82. The largest absolute Gasteiger partial charge is 0.480 e. The summed E-state index contributed by atoms with van der Waals surface area (Å²) in [5, 5.41) is 16.7. The summed E-state index contributed by atoms with van der Waals surface area (Å²) in [5.74, 6) is -2.32. The molecule has 0 saturated carbocycles. The molecule has 4 N–H and O–H groups in total. The molecule has 3 atom stereocenters. The Morgan fingerprint density at radius 1 is 1.22 bits per heavy atom. The zero-order valence-electron chi connectivity index (χ0n) is 15.5. The van der Waals surface area contributed by atoms with Gasteiger partial charge in [-0.05, 0) is 25.0 Å². The molecule has 27 heavy (non-hydrogen) atoms. The second-order valence-corrected chi connectivity index (χ2v) is 6.53. The third-order valence-corrected chi connectivity index (χ3v) is 4.52. The van der Waals surface area contributed by atoms with Gasteiger partial charge in [0.25, 0.3) is 0 Å². The molecule has 9 heteroatoms. The fraction of sp³-hybridized carbons (Fsp3) is 0.444. The van der Waals surface area contributed by atoms with Crippen LogP contribution in [-0.2, 0) is 14.4 Å². The first-order valence-electron chi connectivity index (χ1n) is 8.74. The Balaban J connectivity index is 2.20. The Hall–Kier alpha value is -3.10. The van der Waals surface area contributed by atoms with Crippen molar-refractivity contribution in [2.75, 3.05) is 16.8 Å². The second-order valence-electron chi connectivity index (χ2n) is 6.53. The van der Waals surface area contributed by atoms with Gasteiger partial charge in [-0.1, -0.05) is 32.4 Å². The number of anilines is 2. The van der Waals surface area contributed by atoms with Crippen LogP contribution in [0.1, 0.15) is 27.2 Å². The van der Waals surface area contributed by atoms with E-state index < -0.39 is 30.0 Å². The van der Waals surface area contributed by atoms with E-state index in [9.17, 15) is 19.2 Å². The molecule has 0 bridgehead atoms. The third-order valence-electron chi connectivity index (χ3n) is 4.52. The lowest BCUT2D eigenvalue weighted by atomic mass is 9.98. The summed E-state index contributed by atoms with van der Waals surface area (Å²) < 4.78 is 0. The first-order chi connectivity index (χ1) is 12.7. The van der Waals surface area contributed by atoms with E-state index in [0.717, 1.165) is 0 Å². The van der Waals surface area contributed by atoms with E-state index >= 15 is 0 Å². The summed E-state index contributed by atoms with van der Waals surface area (Å²) in [7, 11) is 0. The van der Waals surface area contributed by atoms with Gasteiger partial charge in [0.15, 0.2) is 0 Å². The first-order valence-corrected chi connectivity index (χ1v) is 8.74. The SMILES string of the molecule is CC[C@@H](C)[C@H](NC(=O)N1CC(=O)Nc2ccccc21)C(=O)N[C@@H](C)C(=O)O. The van der Waals surface area contributed by atoms with Gasteiger partial charge in [-0.25, -0.2) is 4.79 Å². The average Bonchev–Trinajstić information content (AvgIpc) is 2.64. The number of benzene rings is 1. The van der Waals surface area contributed by atoms with Crippen LogP contribution in [0.25, 0.3) is 0 Å². The summed E-state index contributed by atoms with van der Waals surface area (Å²) in [4.78, 5) is 49.4. The molecule has 1 aromatic carbocycles. The molecule has 146 valence electrons. The van der Waals surface area contributed by atoms with E-state index in [4.69, 9.17) is 5.11 Å². The van der Waals surface area contributed by atoms with Crippen LogP contribution in [0, 0.1) is 5.92 Å². The maximum Gasteiger partial charge on any atom is 0.325 e. The van der Waals surface area contributed by atoms with Gasteiger partial charge in [0.2, 0.25) is 11.8 Å². The summed E-state index contributed by atoms with van der Waals surface area (Å²) in [6.07, 6.45) is 0.594. The smallest absolute Gasteiger partial charge is 0.325 e. The number of hydrogen-bond donors (Lipinski definition) is 4. The molecule has 0 fully saturated rings. The Morgan fingerprint density at radius 2 is 1.89 bits per heavy atom. The Kier molecular flexibility index (Phi) is 6.38. The van der Waals surface area contributed by atoms with Gasteiger partial charge in [0.1, 0.15) is 18.6 Å². The van der Waals surface area contributed by atoms with Gasteiger partial charge in [-0.15, -0.1) is 0 Å². The molecule has 4 amide bonds. The molecule has 0 spiro atoms. The molecule has 9 nitrogen and oxygen atoms in total. The lowest BCUT2D eigenvalue weighted by Crippen LogP contribution is -2.57. The highest BCUT2D eigenvalue weighted by molar-refractivity contribution is 6.10. The van der Waals surface area contributed by atoms with Crippen LogP contribution in [0.2, 0.25) is 0 Å². The van der Waals surface area contributed by atoms with Crippen molar-refractivity contribution in [3.63, 3.8) is 0 Å². The highest BCUT2D eigenvalue weighted by Crippen LogP contribution is 2.29. The lowest BCUT2D eigenvalue weighted by Gasteiger charge is -2.32. The van der Waals surface area contributed by atoms with Gasteiger partial charge in [0.05, 0.1) is 11.4 Å². The highest BCUT2D eigenvalue weighted by Gasteiger charge is 2.32. The number of urea groups is 1. The van der Waals surface area contributed by atoms with Gasteiger partial charge >= 0.3 is 12.0 Å². The van der Waals surface area contributed by atoms with E-state index in [1.807, 2.05) is 6.92 Å². The van der Waals surface area contributed by atoms with Crippen LogP contribution in [-0.4, -0.2) is 47.5 Å². The zero-order valence-corrected chi connectivity index (χ0v) is 15.5. The highest BCUT2D eigenvalue weighted by atomic mass is 16.4. The van der Waals surface area contributed by atoms with Crippen LogP contribution in [0.5, 0.6) is 0 Å². The van der Waals surface area contributed by atoms with Crippen molar-refractivity contribution in [2.45, 2.75) is 39.3 Å². The number of carbonyl (C=O) groups excluding carboxylic acids is 3. The quantitative estimate of drug-likeness (QED) is 0.592. The number of carboxylic acids is 1. The molecule has 0 saturated heterocycles. The van der Waals surface area contributed by atoms with Crippen molar-refractivity contribution in [1.82, 2.24) is 10.6 Å². The monoisotopic (exact) mass is 376 g/mol. The number of nitrogens with one attached hydrogen (secondary N) is 3. The van der Waals surface area contributed by atoms with Crippen LogP contribution >= 0.6 is 0 Å². The van der Waals surface area contributed by atoms with E-state index in [1.54, 1.807) is 31.2 Å². The minimum Gasteiger partial charge on any atom is -0.480 e. The van der Waals surface area contributed by atoms with E-state index in [0.29, 0.717) is 17.8 Å². The third kappa shape index (κ3) is 4.75. The Bertz CT molecular complexity index is 751. The van der Waals surface area contributed by atoms with E-state index in [-0.39, 0.29) is 18.4 Å². The van der Waals surface area contributed by atoms with Crippen molar-refractivity contribution >= 4 is 35.2 Å². The van der Waals surface area contributed by atoms with Crippen LogP contribution in [0.3, 0.4) is 0 Å². The minimum absolute atomic E-state index is 0.177. The molecule has 0 unspecified atom stereocenters. The van der Waals surface area contributed by atoms with Crippen molar-refractivity contribution in [1.29, 1.82) is 0 Å². The van der Waals surface area contributed by atoms with Crippen molar-refractivity contribution in [3.05, 3.63) is 24.3 Å². The number of para-hydroxylation sites is 2. The molecule has 1 aromatic rings. The number of amides is 4. The lowest BCUT2D eigenvalue weighted by molar-refractivity contribution is -0.141. The average molecular weight is 376 g/mol. The van der Waals surface area contributed by atoms with Crippen LogP contribution in [0.15, 0.2) is 24.3 Å². The standard InChI is InChI=1S/C18H24N4O5/c1-4-10(2)15(16(24)19-11(3)17(25)26)21-18(27)22-9-14(23)20-12-7-5-6-8-13(12)22/h5-8,10-11,15H,4,9H2,1-3H3,(H,19,24)(H,20,23)(H,21,27)(H,25,26)/t10-,11+,15+/m1/s1. The minimum atomic E-state index is -1.17. The van der Waals surface area contributed by atoms with Crippen LogP contribution < -0.4 is 20.9 Å². The van der Waals surface area contributed by atoms with Crippen molar-refractivity contribution in [3.8, 4) is 0 Å². The van der Waals surface area contributed by atoms with Crippen molar-refractivity contribution in [2.24, 2.45) is 5.92 Å². The fourth-order valence-corrected chi connectivity index (χ4v) is 2.69. The van der Waals surface area contributed by atoms with Crippen LogP contribution in [0.4, 0.5) is 16.2 Å². The molecule has 0 radical (unpaired) electrons. The van der Waals surface area contributed by atoms with Gasteiger partial charge in [-0.3, -0.25) is 19.3 Å². The Morgan fingerprint density at radius 3 is 2.52 bits per heavy atom. The van der Waals surface area contributed by atoms with Gasteiger partial charge in [-0.2, -0.15) is 0 Å². The predicted octanol–water partition coefficient (Wildman–Crippen LogP) is 1.16. The maximum absolute atomic E-state index is 12.8. The topological polar surface area (TPSA) is 128 Å². The number of nitrogens with zero attached hydrogens (tertiary/aromatic N) is 1. The number of aliphatic carboxylic acids is 1. The molecule has 1 aliphatic rings. The number of carboxylic acid groups (broad SMARTS) is 1. The Labute approximate surface area is 157 Å². The summed E-state index contributed by atoms with van der Waals surface area (Å²) >= 11 is 0. The molecule has 1 aliphatic heterocycles. The molecular weight excluding hydrogens is 352 g/mol. The van der Waals surface area contributed by atoms with E-state index in [2.05, 4.69) is 16.0 Å². The number of fused-ring (bicyclic) bond motifs is 1. The molecule has 1 heterocycles. The maximum atomic E-state index is 12.8. The second kappa shape index (κ2) is 8.52. The molecule has 0 aliphatic carbocycles. The first kappa shape index (κ1) is 20.2. The normalized spacial score (nSPS) is 16.4. The number of hydrogen-bond acceptors (Lipinski definition) is 4. The van der Waals surface area contributed by atoms with E-state index in [1.165, 1.54) is 11.8 Å². The molecule has 2 rings (SSSR count). The summed E-state index contributed by atoms with van der Waals surface area (Å²) in [6, 6.07) is 4.25.